The van der Waals surface area contributed by atoms with Crippen molar-refractivity contribution < 1.29 is 99.8 Å². The first-order valence-corrected chi connectivity index (χ1v) is 35.5. The maximum Gasteiger partial charge on any atom is 0.234 e. The van der Waals surface area contributed by atoms with Crippen LogP contribution < -0.4 is 26.6 Å². The van der Waals surface area contributed by atoms with Crippen LogP contribution in [0.4, 0.5) is 0 Å². The van der Waals surface area contributed by atoms with Gasteiger partial charge in [-0.1, -0.05) is 83.8 Å². The molecule has 4 bridgehead atoms. The number of aromatic nitrogens is 3. The molecular formula is C71H107N11O21. The van der Waals surface area contributed by atoms with Gasteiger partial charge in [0.25, 0.3) is 0 Å². The fourth-order valence-electron chi connectivity index (χ4n) is 11.9. The fraction of sp³-hybridized carbons (Fsp3) is 0.704. The first-order valence-electron chi connectivity index (χ1n) is 35.5. The summed E-state index contributed by atoms with van der Waals surface area (Å²) < 4.78 is 94.2. The molecule has 572 valence electrons. The number of carbonyl (C=O) groups is 5. The lowest BCUT2D eigenvalue weighted by atomic mass is 9.85. The lowest BCUT2D eigenvalue weighted by Gasteiger charge is -2.41. The van der Waals surface area contributed by atoms with E-state index < -0.39 is 47.3 Å². The highest BCUT2D eigenvalue weighted by molar-refractivity contribution is 5.98. The maximum absolute atomic E-state index is 12.0. The van der Waals surface area contributed by atoms with Crippen LogP contribution >= 0.6 is 0 Å². The number of benzene rings is 2. The van der Waals surface area contributed by atoms with Gasteiger partial charge in [0, 0.05) is 115 Å². The van der Waals surface area contributed by atoms with Crippen LogP contribution in [-0.4, -0.2) is 268 Å². The average Bonchev–Trinajstić information content (AvgIpc) is 1.57. The third kappa shape index (κ3) is 29.0. The Morgan fingerprint density at radius 2 is 1.04 bits per heavy atom. The lowest BCUT2D eigenvalue weighted by Crippen LogP contribution is -2.65. The highest BCUT2D eigenvalue weighted by Gasteiger charge is 2.66. The van der Waals surface area contributed by atoms with E-state index in [0.29, 0.717) is 143 Å². The molecule has 32 nitrogen and oxygen atoms in total. The zero-order chi connectivity index (χ0) is 73.6. The largest absolute Gasteiger partial charge is 0.381 e. The monoisotopic (exact) mass is 1450 g/mol. The minimum absolute atomic E-state index is 0.0430. The zero-order valence-electron chi connectivity index (χ0n) is 60.4. The number of terminal acetylenes is 1. The Kier molecular flexibility index (Phi) is 36.7. The molecule has 3 amide bonds. The molecule has 0 saturated carbocycles. The van der Waals surface area contributed by atoms with Gasteiger partial charge in [-0.05, 0) is 71.8 Å². The number of Topliss-reactive ketones (excluding diaryl/α,β-unsaturated/α-hetero) is 2. The van der Waals surface area contributed by atoms with Crippen molar-refractivity contribution in [2.75, 3.05) is 158 Å². The van der Waals surface area contributed by atoms with Crippen molar-refractivity contribution in [1.29, 1.82) is 0 Å². The smallest absolute Gasteiger partial charge is 0.234 e. The van der Waals surface area contributed by atoms with Crippen LogP contribution in [-0.2, 0) is 103 Å². The Labute approximate surface area is 603 Å². The zero-order valence-corrected chi connectivity index (χ0v) is 60.4. The summed E-state index contributed by atoms with van der Waals surface area (Å²) in [6, 6.07) is 17.5. The summed E-state index contributed by atoms with van der Waals surface area (Å²) in [6.45, 7) is 22.4. The molecule has 0 radical (unpaired) electrons. The molecular weight excluding hydrogens is 1340 g/mol. The van der Waals surface area contributed by atoms with Crippen LogP contribution in [0.2, 0.25) is 0 Å². The fourth-order valence-corrected chi connectivity index (χ4v) is 11.9. The second-order valence-corrected chi connectivity index (χ2v) is 26.2. The van der Waals surface area contributed by atoms with Crippen molar-refractivity contribution in [3.8, 4) is 12.3 Å². The molecule has 6 aliphatic heterocycles. The molecule has 0 spiro atoms. The lowest BCUT2D eigenvalue weighted by molar-refractivity contribution is -0.211. The van der Waals surface area contributed by atoms with Gasteiger partial charge in [0.05, 0.1) is 91.2 Å². The highest BCUT2D eigenvalue weighted by Crippen LogP contribution is 2.50. The van der Waals surface area contributed by atoms with Gasteiger partial charge in [-0.2, -0.15) is 0 Å². The third-order valence-electron chi connectivity index (χ3n) is 16.7. The number of carbonyl (C=O) groups excluding carboxylic acids is 5. The van der Waals surface area contributed by atoms with Crippen LogP contribution in [0, 0.1) is 18.3 Å². The van der Waals surface area contributed by atoms with E-state index in [4.69, 9.17) is 87.7 Å². The normalized spacial score (nSPS) is 24.2. The van der Waals surface area contributed by atoms with Gasteiger partial charge in [0.15, 0.2) is 35.7 Å². The summed E-state index contributed by atoms with van der Waals surface area (Å²) in [5.41, 5.74) is 9.02. The van der Waals surface area contributed by atoms with E-state index in [-0.39, 0.29) is 93.0 Å². The van der Waals surface area contributed by atoms with E-state index >= 15 is 0 Å². The van der Waals surface area contributed by atoms with Crippen LogP contribution in [0.3, 0.4) is 0 Å². The first-order chi connectivity index (χ1) is 49.8. The maximum atomic E-state index is 12.0. The molecule has 6 fully saturated rings. The second kappa shape index (κ2) is 45.1. The molecule has 5 N–H and O–H groups in total. The van der Waals surface area contributed by atoms with Gasteiger partial charge < -0.3 is 102 Å². The number of amides is 3. The molecule has 7 heterocycles. The SMILES string of the molecule is C#CCOCCCOCCCOCCCOCCNC(=O)CNCC(=O)c1ccccc1.CC(=O)N[C@H]1[C@H]2OC[C@](CN=[N+]=[N-])(O2)[C@@H]2OC(C)(C)O[C@H]12.C[C@H]1[C@H]2OC[C@](Cn3cc(COCCCOCCCOCCCOCCNC(=O)CNCC(=O)c4ccccc4)nn3)(O2)[C@@H]2OC(C)(C)O[C@H]12. The summed E-state index contributed by atoms with van der Waals surface area (Å²) >= 11 is 0. The van der Waals surface area contributed by atoms with Crippen molar-refractivity contribution in [3.05, 3.63) is 94.1 Å². The number of nitrogens with zero attached hydrogens (tertiary/aromatic N) is 6. The minimum Gasteiger partial charge on any atom is -0.381 e. The van der Waals surface area contributed by atoms with Crippen molar-refractivity contribution in [2.24, 2.45) is 11.0 Å². The number of rotatable bonds is 48. The minimum atomic E-state index is -0.871. The van der Waals surface area contributed by atoms with Gasteiger partial charge in [0.2, 0.25) is 17.7 Å². The molecule has 2 aromatic carbocycles. The van der Waals surface area contributed by atoms with Crippen LogP contribution in [0.15, 0.2) is 72.0 Å². The number of hydrogen-bond acceptors (Lipinski definition) is 26. The van der Waals surface area contributed by atoms with E-state index in [1.807, 2.05) is 56.4 Å². The predicted molar refractivity (Wildman–Crippen MR) is 371 cm³/mol. The van der Waals surface area contributed by atoms with Crippen LogP contribution in [0.25, 0.3) is 10.4 Å². The first kappa shape index (κ1) is 83.7. The Balaban J connectivity index is 0.000000238. The van der Waals surface area contributed by atoms with Gasteiger partial charge >= 0.3 is 0 Å². The Bertz CT molecular complexity index is 3090. The van der Waals surface area contributed by atoms with Gasteiger partial charge in [0.1, 0.15) is 47.9 Å². The van der Waals surface area contributed by atoms with Crippen molar-refractivity contribution >= 4 is 29.3 Å². The topological polar surface area (TPSA) is 373 Å². The van der Waals surface area contributed by atoms with E-state index in [1.54, 1.807) is 42.8 Å². The number of hydrogen-bond donors (Lipinski definition) is 5. The van der Waals surface area contributed by atoms with Crippen LogP contribution in [0.1, 0.15) is 106 Å². The molecule has 0 unspecified atom stereocenters. The Morgan fingerprint density at radius 3 is 1.53 bits per heavy atom. The van der Waals surface area contributed by atoms with Crippen molar-refractivity contribution in [3.63, 3.8) is 0 Å². The quantitative estimate of drug-likeness (QED) is 0.0134. The number of azide groups is 1. The standard InChI is InChI=1S/C35H53N5O10.C24H36N2O6.C12H18N4O5/c1-26-31-32(49-34(2,3)48-31)35(25-47-33(26)50-35)24-40-22-28(38-39-40)23-46-18-9-16-44-14-7-13-43-15-8-17-45-19-12-37-30(42)21-36-20-29(41)27-10-5-4-6-11-27;1-2-12-29-13-6-14-30-15-7-16-31-17-8-18-32-19-11-26-24(28)21-25-20-23(27)22-9-4-3-5-10-22;1-6(17)15-7-8-9(20-11(2,3)19-8)12(4-14-16-13)5-18-10(7)21-12/h4-6,10-11,22,26,31-33,36H,7-9,12-21,23-25H2,1-3H3,(H,37,42);1,3-5,9-10,25H,6-8,11-21H2,(H,26,28);7-10H,4-5H2,1-3H3,(H,15,17)/t26-,31-,32-,33+,35+;;7-,8-,9-,10+,12+/m1.1/s1. The van der Waals surface area contributed by atoms with E-state index in [1.165, 1.54) is 6.92 Å². The average molecular weight is 1450 g/mol. The molecule has 9 rings (SSSR count). The van der Waals surface area contributed by atoms with E-state index in [2.05, 4.69) is 59.8 Å². The second-order valence-electron chi connectivity index (χ2n) is 26.2. The van der Waals surface area contributed by atoms with E-state index in [9.17, 15) is 24.0 Å². The van der Waals surface area contributed by atoms with Gasteiger partial charge in [-0.3, -0.25) is 24.0 Å². The number of nitrogens with one attached hydrogen (secondary N) is 5. The predicted octanol–water partition coefficient (Wildman–Crippen LogP) is 3.78. The third-order valence-corrected chi connectivity index (χ3v) is 16.7. The molecule has 1 aromatic heterocycles. The van der Waals surface area contributed by atoms with Gasteiger partial charge in [-0.25, -0.2) is 4.68 Å². The number of ketones is 2. The Hall–Kier alpha value is -6.52. The van der Waals surface area contributed by atoms with Crippen LogP contribution in [0.5, 0.6) is 0 Å². The molecule has 0 aliphatic carbocycles. The molecule has 103 heavy (non-hydrogen) atoms. The summed E-state index contributed by atoms with van der Waals surface area (Å²) in [7, 11) is 0. The Morgan fingerprint density at radius 1 is 0.592 bits per heavy atom. The van der Waals surface area contributed by atoms with Crippen molar-refractivity contribution in [1.82, 2.24) is 41.6 Å². The summed E-state index contributed by atoms with van der Waals surface area (Å²) in [5.74, 6) is 0.390. The summed E-state index contributed by atoms with van der Waals surface area (Å²) in [5, 5.41) is 26.2. The molecule has 10 atom stereocenters. The highest BCUT2D eigenvalue weighted by atomic mass is 16.8. The van der Waals surface area contributed by atoms with E-state index in [0.717, 1.165) is 44.2 Å². The molecule has 3 aromatic rings. The summed E-state index contributed by atoms with van der Waals surface area (Å²) in [6.07, 6.45) is 9.61. The molecule has 32 heteroatoms. The number of ether oxygens (including phenoxy) is 16. The molecule has 6 aliphatic rings. The van der Waals surface area contributed by atoms with Gasteiger partial charge in [-0.15, -0.1) is 11.5 Å². The van der Waals surface area contributed by atoms with Crippen molar-refractivity contribution in [2.45, 2.75) is 159 Å². The number of fused-ring (bicyclic) bond motifs is 8. The summed E-state index contributed by atoms with van der Waals surface area (Å²) in [4.78, 5) is 61.7. The molecule has 6 saturated heterocycles.